The van der Waals surface area contributed by atoms with Gasteiger partial charge in [-0.05, 0) is 27.7 Å². The van der Waals surface area contributed by atoms with Crippen LogP contribution in [0, 0.1) is 13.8 Å². The van der Waals surface area contributed by atoms with Gasteiger partial charge in [0, 0.05) is 0 Å². The minimum Gasteiger partial charge on any atom is -0.369 e. The van der Waals surface area contributed by atoms with Gasteiger partial charge in [-0.15, -0.1) is 32.9 Å². The van der Waals surface area contributed by atoms with Crippen LogP contribution in [-0.4, -0.2) is 33.3 Å². The summed E-state index contributed by atoms with van der Waals surface area (Å²) in [4.78, 5) is 11.0. The molecule has 0 amide bonds. The highest BCUT2D eigenvalue weighted by atomic mass is 32.1. The number of hydrogen-bond donors (Lipinski definition) is 4. The van der Waals surface area contributed by atoms with Crippen molar-refractivity contribution in [1.29, 1.82) is 0 Å². The molecule has 2 rings (SSSR count). The van der Waals surface area contributed by atoms with E-state index in [0.29, 0.717) is 11.4 Å². The first kappa shape index (κ1) is 19.5. The SMILES string of the molecule is C/C(=N\N=C(N)N)c1sc(-c2nc(C)c(/C(C)=N/N=C(N)N)s2)nc1C. The van der Waals surface area contributed by atoms with Gasteiger partial charge in [-0.1, -0.05) is 0 Å². The minimum atomic E-state index is -0.0949. The summed E-state index contributed by atoms with van der Waals surface area (Å²) in [6.07, 6.45) is 0. The monoisotopic (exact) mass is 392 g/mol. The van der Waals surface area contributed by atoms with Gasteiger partial charge in [0.25, 0.3) is 0 Å². The molecule has 0 aliphatic carbocycles. The summed E-state index contributed by atoms with van der Waals surface area (Å²) in [6, 6.07) is 0. The Bertz CT molecular complexity index is 847. The summed E-state index contributed by atoms with van der Waals surface area (Å²) >= 11 is 2.94. The van der Waals surface area contributed by atoms with Crippen molar-refractivity contribution in [3.63, 3.8) is 0 Å². The maximum Gasteiger partial charge on any atom is 0.211 e. The summed E-state index contributed by atoms with van der Waals surface area (Å²) in [7, 11) is 0. The fourth-order valence-corrected chi connectivity index (χ4v) is 4.03. The molecule has 0 bridgehead atoms. The van der Waals surface area contributed by atoms with Crippen LogP contribution < -0.4 is 22.9 Å². The molecular weight excluding hydrogens is 372 g/mol. The van der Waals surface area contributed by atoms with Crippen LogP contribution in [0.1, 0.15) is 35.0 Å². The van der Waals surface area contributed by atoms with Crippen LogP contribution >= 0.6 is 22.7 Å². The summed E-state index contributed by atoms with van der Waals surface area (Å²) in [6.45, 7) is 7.44. The van der Waals surface area contributed by atoms with Crippen molar-refractivity contribution in [2.24, 2.45) is 43.3 Å². The highest BCUT2D eigenvalue weighted by Crippen LogP contribution is 2.33. The van der Waals surface area contributed by atoms with Gasteiger partial charge in [0.2, 0.25) is 11.9 Å². The van der Waals surface area contributed by atoms with Crippen LogP contribution in [0.15, 0.2) is 20.4 Å². The first-order valence-electron chi connectivity index (χ1n) is 7.41. The van der Waals surface area contributed by atoms with Crippen molar-refractivity contribution in [2.75, 3.05) is 0 Å². The van der Waals surface area contributed by atoms with Crippen molar-refractivity contribution in [3.8, 4) is 10.0 Å². The van der Waals surface area contributed by atoms with E-state index in [9.17, 15) is 0 Å². The molecule has 0 aromatic carbocycles. The third kappa shape index (κ3) is 4.61. The van der Waals surface area contributed by atoms with E-state index in [4.69, 9.17) is 22.9 Å². The Hall–Kier alpha value is -2.86. The standard InChI is InChI=1S/C14H20N10S2/c1-5-9(7(3)21-23-13(15)16)25-11(19-5)12-20-6(2)10(26-12)8(4)22-24-14(17)18/h1-4H3,(H4,15,16,23)(H4,17,18,24)/b21-7+,22-8+. The van der Waals surface area contributed by atoms with Crippen molar-refractivity contribution < 1.29 is 0 Å². The molecule has 0 spiro atoms. The topological polar surface area (TPSA) is 179 Å². The van der Waals surface area contributed by atoms with E-state index < -0.39 is 0 Å². The molecule has 138 valence electrons. The Labute approximate surface area is 158 Å². The number of thiazole rings is 2. The molecular formula is C14H20N10S2. The lowest BCUT2D eigenvalue weighted by Gasteiger charge is -1.94. The second-order valence-electron chi connectivity index (χ2n) is 5.29. The van der Waals surface area contributed by atoms with Gasteiger partial charge >= 0.3 is 0 Å². The van der Waals surface area contributed by atoms with Crippen LogP contribution in [0.25, 0.3) is 10.0 Å². The Kier molecular flexibility index (Phi) is 6.00. The molecule has 0 aliphatic rings. The molecule has 0 saturated heterocycles. The molecule has 0 radical (unpaired) electrons. The van der Waals surface area contributed by atoms with Gasteiger partial charge in [-0.25, -0.2) is 9.97 Å². The average molecular weight is 393 g/mol. The van der Waals surface area contributed by atoms with Crippen molar-refractivity contribution in [3.05, 3.63) is 21.1 Å². The summed E-state index contributed by atoms with van der Waals surface area (Å²) in [5, 5.41) is 16.9. The third-order valence-corrected chi connectivity index (χ3v) is 5.74. The number of nitrogens with two attached hydrogens (primary N) is 4. The Morgan fingerprint density at radius 1 is 0.692 bits per heavy atom. The quantitative estimate of drug-likeness (QED) is 0.333. The minimum absolute atomic E-state index is 0.0949. The fraction of sp³-hybridized carbons (Fsp3) is 0.286. The molecule has 26 heavy (non-hydrogen) atoms. The summed E-state index contributed by atoms with van der Waals surface area (Å²) in [5.41, 5.74) is 24.3. The highest BCUT2D eigenvalue weighted by Gasteiger charge is 2.17. The average Bonchev–Trinajstić information content (AvgIpc) is 3.13. The van der Waals surface area contributed by atoms with E-state index in [-0.39, 0.29) is 11.9 Å². The molecule has 0 atom stereocenters. The molecule has 2 aromatic heterocycles. The van der Waals surface area contributed by atoms with Crippen molar-refractivity contribution >= 4 is 46.0 Å². The van der Waals surface area contributed by atoms with Gasteiger partial charge in [-0.2, -0.15) is 10.2 Å². The zero-order valence-electron chi connectivity index (χ0n) is 14.8. The molecule has 10 nitrogen and oxygen atoms in total. The predicted octanol–water partition coefficient (Wildman–Crippen LogP) is 0.878. The van der Waals surface area contributed by atoms with E-state index in [1.165, 1.54) is 22.7 Å². The van der Waals surface area contributed by atoms with Gasteiger partial charge in [0.15, 0.2) is 10.0 Å². The second kappa shape index (κ2) is 8.01. The summed E-state index contributed by atoms with van der Waals surface area (Å²) in [5.74, 6) is -0.190. The zero-order valence-corrected chi connectivity index (χ0v) is 16.4. The lowest BCUT2D eigenvalue weighted by atomic mass is 10.3. The third-order valence-electron chi connectivity index (χ3n) is 3.06. The largest absolute Gasteiger partial charge is 0.369 e. The molecule has 2 aromatic rings. The Balaban J connectivity index is 2.40. The Morgan fingerprint density at radius 3 is 1.35 bits per heavy atom. The zero-order chi connectivity index (χ0) is 19.4. The molecule has 0 saturated carbocycles. The van der Waals surface area contributed by atoms with Gasteiger partial charge in [-0.3, -0.25) is 0 Å². The predicted molar refractivity (Wildman–Crippen MR) is 109 cm³/mol. The molecule has 0 aliphatic heterocycles. The highest BCUT2D eigenvalue weighted by molar-refractivity contribution is 7.23. The number of aromatic nitrogens is 2. The van der Waals surface area contributed by atoms with Crippen LogP contribution in [-0.2, 0) is 0 Å². The second-order valence-corrected chi connectivity index (χ2v) is 7.29. The molecule has 0 fully saturated rings. The number of hydrogen-bond acceptors (Lipinski definition) is 8. The lowest BCUT2D eigenvalue weighted by molar-refractivity contribution is 1.18. The first-order valence-corrected chi connectivity index (χ1v) is 9.04. The number of guanidine groups is 2. The van der Waals surface area contributed by atoms with Gasteiger partial charge < -0.3 is 22.9 Å². The molecule has 12 heteroatoms. The van der Waals surface area contributed by atoms with E-state index in [0.717, 1.165) is 31.2 Å². The van der Waals surface area contributed by atoms with Gasteiger partial charge in [0.05, 0.1) is 32.6 Å². The smallest absolute Gasteiger partial charge is 0.211 e. The number of rotatable bonds is 5. The summed E-state index contributed by atoms with van der Waals surface area (Å²) < 4.78 is 0. The fourth-order valence-electron chi connectivity index (χ4n) is 2.00. The van der Waals surface area contributed by atoms with Crippen LogP contribution in [0.5, 0.6) is 0 Å². The number of aryl methyl sites for hydroxylation is 2. The van der Waals surface area contributed by atoms with Crippen LogP contribution in [0.2, 0.25) is 0 Å². The van der Waals surface area contributed by atoms with E-state index in [1.807, 2.05) is 27.7 Å². The molecule has 2 heterocycles. The van der Waals surface area contributed by atoms with E-state index >= 15 is 0 Å². The maximum atomic E-state index is 5.31. The Morgan fingerprint density at radius 2 is 1.04 bits per heavy atom. The van der Waals surface area contributed by atoms with E-state index in [1.54, 1.807) is 0 Å². The maximum absolute atomic E-state index is 5.31. The number of nitrogens with zero attached hydrogens (tertiary/aromatic N) is 6. The first-order chi connectivity index (χ1) is 12.2. The normalized spacial score (nSPS) is 12.2. The molecule has 0 unspecified atom stereocenters. The lowest BCUT2D eigenvalue weighted by Crippen LogP contribution is -2.22. The van der Waals surface area contributed by atoms with E-state index in [2.05, 4.69) is 30.4 Å². The van der Waals surface area contributed by atoms with Crippen molar-refractivity contribution in [2.45, 2.75) is 27.7 Å². The van der Waals surface area contributed by atoms with Crippen LogP contribution in [0.3, 0.4) is 0 Å². The van der Waals surface area contributed by atoms with Crippen LogP contribution in [0.4, 0.5) is 0 Å². The van der Waals surface area contributed by atoms with Gasteiger partial charge in [0.1, 0.15) is 0 Å². The van der Waals surface area contributed by atoms with Crippen molar-refractivity contribution in [1.82, 2.24) is 9.97 Å². The molecule has 8 N–H and O–H groups in total.